The number of nitrogens with zero attached hydrogens (tertiary/aromatic N) is 1. The van der Waals surface area contributed by atoms with E-state index >= 15 is 0 Å². The van der Waals surface area contributed by atoms with Crippen LogP contribution in [0, 0.1) is 13.8 Å². The number of thiophene rings is 1. The van der Waals surface area contributed by atoms with Crippen molar-refractivity contribution in [2.45, 2.75) is 39.3 Å². The molecule has 1 aromatic carbocycles. The quantitative estimate of drug-likeness (QED) is 0.876. The van der Waals surface area contributed by atoms with Crippen LogP contribution in [0.2, 0.25) is 0 Å². The van der Waals surface area contributed by atoms with E-state index in [0.29, 0.717) is 6.04 Å². The van der Waals surface area contributed by atoms with Gasteiger partial charge < -0.3 is 10.1 Å². The van der Waals surface area contributed by atoms with Crippen LogP contribution in [0.3, 0.4) is 0 Å². The van der Waals surface area contributed by atoms with E-state index in [4.69, 9.17) is 4.74 Å². The Labute approximate surface area is 143 Å². The number of hydrogen-bond acceptors (Lipinski definition) is 4. The molecule has 0 saturated carbocycles. The van der Waals surface area contributed by atoms with Gasteiger partial charge in [0.15, 0.2) is 0 Å². The highest BCUT2D eigenvalue weighted by molar-refractivity contribution is 7.12. The van der Waals surface area contributed by atoms with Crippen LogP contribution in [0.5, 0.6) is 5.75 Å². The molecule has 0 radical (unpaired) electrons. The van der Waals surface area contributed by atoms with E-state index in [1.54, 1.807) is 7.11 Å². The zero-order valence-electron chi connectivity index (χ0n) is 14.3. The molecule has 0 atom stereocenters. The van der Waals surface area contributed by atoms with Crippen LogP contribution in [-0.2, 0) is 6.54 Å². The molecule has 0 spiro atoms. The minimum absolute atomic E-state index is 0.559. The summed E-state index contributed by atoms with van der Waals surface area (Å²) in [7, 11) is 1.71. The van der Waals surface area contributed by atoms with Gasteiger partial charge in [0.25, 0.3) is 0 Å². The molecular weight excluding hydrogens is 304 g/mol. The summed E-state index contributed by atoms with van der Waals surface area (Å²) >= 11 is 1.91. The van der Waals surface area contributed by atoms with Gasteiger partial charge in [-0.2, -0.15) is 0 Å². The molecule has 1 fully saturated rings. The summed E-state index contributed by atoms with van der Waals surface area (Å²) in [5.74, 6) is 0.913. The fourth-order valence-electron chi connectivity index (χ4n) is 3.27. The minimum Gasteiger partial charge on any atom is -0.497 e. The standard InChI is InChI=1S/C19H26N2OS/c1-14-11-16(15(2)23-14)13-21-9-7-17(8-10-21)20-18-5-4-6-19(12-18)22-3/h4-6,11-12,17,20H,7-10,13H2,1-3H3. The van der Waals surface area contributed by atoms with Crippen molar-refractivity contribution in [1.82, 2.24) is 4.90 Å². The zero-order valence-corrected chi connectivity index (χ0v) is 15.1. The van der Waals surface area contributed by atoms with Gasteiger partial charge in [-0.1, -0.05) is 6.07 Å². The van der Waals surface area contributed by atoms with Crippen molar-refractivity contribution in [2.24, 2.45) is 0 Å². The van der Waals surface area contributed by atoms with Crippen molar-refractivity contribution in [3.8, 4) is 5.75 Å². The Morgan fingerprint density at radius 3 is 2.65 bits per heavy atom. The Balaban J connectivity index is 1.51. The van der Waals surface area contributed by atoms with Crippen molar-refractivity contribution >= 4 is 17.0 Å². The monoisotopic (exact) mass is 330 g/mol. The van der Waals surface area contributed by atoms with E-state index in [-0.39, 0.29) is 0 Å². The highest BCUT2D eigenvalue weighted by atomic mass is 32.1. The van der Waals surface area contributed by atoms with Gasteiger partial charge in [-0.15, -0.1) is 11.3 Å². The van der Waals surface area contributed by atoms with Gasteiger partial charge >= 0.3 is 0 Å². The molecule has 2 aromatic rings. The Kier molecular flexibility index (Phi) is 5.23. The summed E-state index contributed by atoms with van der Waals surface area (Å²) in [6.07, 6.45) is 2.39. The first kappa shape index (κ1) is 16.3. The molecule has 0 aliphatic carbocycles. The van der Waals surface area contributed by atoms with E-state index in [9.17, 15) is 0 Å². The van der Waals surface area contributed by atoms with Gasteiger partial charge in [-0.05, 0) is 50.5 Å². The Bertz CT molecular complexity index is 645. The summed E-state index contributed by atoms with van der Waals surface area (Å²) in [6, 6.07) is 11.1. The maximum absolute atomic E-state index is 5.29. The van der Waals surface area contributed by atoms with E-state index < -0.39 is 0 Å². The fourth-order valence-corrected chi connectivity index (χ4v) is 4.20. The molecule has 4 heteroatoms. The average Bonchev–Trinajstić information content (AvgIpc) is 2.87. The van der Waals surface area contributed by atoms with Crippen LogP contribution in [0.15, 0.2) is 30.3 Å². The van der Waals surface area contributed by atoms with Crippen LogP contribution in [0.25, 0.3) is 0 Å². The zero-order chi connectivity index (χ0) is 16.2. The van der Waals surface area contributed by atoms with E-state index in [0.717, 1.165) is 31.1 Å². The first-order valence-electron chi connectivity index (χ1n) is 8.33. The number of likely N-dealkylation sites (tertiary alicyclic amines) is 1. The molecule has 1 aromatic heterocycles. The topological polar surface area (TPSA) is 24.5 Å². The van der Waals surface area contributed by atoms with Gasteiger partial charge in [-0.3, -0.25) is 4.90 Å². The first-order valence-corrected chi connectivity index (χ1v) is 9.14. The summed E-state index contributed by atoms with van der Waals surface area (Å²) in [4.78, 5) is 5.48. The lowest BCUT2D eigenvalue weighted by molar-refractivity contribution is 0.211. The molecule has 23 heavy (non-hydrogen) atoms. The number of piperidine rings is 1. The summed E-state index contributed by atoms with van der Waals surface area (Å²) in [5.41, 5.74) is 2.67. The normalized spacial score (nSPS) is 16.5. The van der Waals surface area contributed by atoms with E-state index in [1.165, 1.54) is 28.2 Å². The van der Waals surface area contributed by atoms with Crippen LogP contribution in [0.1, 0.15) is 28.2 Å². The molecular formula is C19H26N2OS. The second-order valence-electron chi connectivity index (χ2n) is 6.37. The van der Waals surface area contributed by atoms with Crippen LogP contribution < -0.4 is 10.1 Å². The van der Waals surface area contributed by atoms with Gasteiger partial charge in [0, 0.05) is 47.2 Å². The molecule has 1 aliphatic rings. The number of ether oxygens (including phenoxy) is 1. The Morgan fingerprint density at radius 1 is 1.22 bits per heavy atom. The second kappa shape index (κ2) is 7.37. The van der Waals surface area contributed by atoms with Crippen molar-refractivity contribution in [2.75, 3.05) is 25.5 Å². The third-order valence-corrected chi connectivity index (χ3v) is 5.57. The van der Waals surface area contributed by atoms with Crippen molar-refractivity contribution < 1.29 is 4.74 Å². The van der Waals surface area contributed by atoms with E-state index in [2.05, 4.69) is 42.3 Å². The highest BCUT2D eigenvalue weighted by Crippen LogP contribution is 2.25. The molecule has 0 bridgehead atoms. The molecule has 0 amide bonds. The summed E-state index contributed by atoms with van der Waals surface area (Å²) < 4.78 is 5.29. The number of methoxy groups -OCH3 is 1. The van der Waals surface area contributed by atoms with Gasteiger partial charge in [0.1, 0.15) is 5.75 Å². The molecule has 3 rings (SSSR count). The summed E-state index contributed by atoms with van der Waals surface area (Å²) in [5, 5.41) is 3.65. The van der Waals surface area contributed by atoms with Crippen molar-refractivity contribution in [3.63, 3.8) is 0 Å². The molecule has 124 valence electrons. The molecule has 2 heterocycles. The predicted octanol–water partition coefficient (Wildman–Crippen LogP) is 4.45. The van der Waals surface area contributed by atoms with Gasteiger partial charge in [-0.25, -0.2) is 0 Å². The third-order valence-electron chi connectivity index (χ3n) is 4.57. The second-order valence-corrected chi connectivity index (χ2v) is 7.83. The molecule has 1 aliphatic heterocycles. The Morgan fingerprint density at radius 2 is 2.00 bits per heavy atom. The van der Waals surface area contributed by atoms with Crippen LogP contribution >= 0.6 is 11.3 Å². The number of benzene rings is 1. The number of nitrogens with one attached hydrogen (secondary N) is 1. The van der Waals surface area contributed by atoms with Crippen LogP contribution in [-0.4, -0.2) is 31.1 Å². The number of anilines is 1. The third kappa shape index (κ3) is 4.27. The summed E-state index contributed by atoms with van der Waals surface area (Å²) in [6.45, 7) is 7.86. The molecule has 1 N–H and O–H groups in total. The lowest BCUT2D eigenvalue weighted by Crippen LogP contribution is -2.38. The first-order chi connectivity index (χ1) is 11.1. The highest BCUT2D eigenvalue weighted by Gasteiger charge is 2.20. The number of rotatable bonds is 5. The van der Waals surface area contributed by atoms with Crippen molar-refractivity contribution in [1.29, 1.82) is 0 Å². The largest absolute Gasteiger partial charge is 0.497 e. The van der Waals surface area contributed by atoms with Gasteiger partial charge in [0.05, 0.1) is 7.11 Å². The maximum atomic E-state index is 5.29. The predicted molar refractivity (Wildman–Crippen MR) is 98.7 cm³/mol. The molecule has 1 saturated heterocycles. The molecule has 0 unspecified atom stereocenters. The SMILES string of the molecule is COc1cccc(NC2CCN(Cc3cc(C)sc3C)CC2)c1. The number of hydrogen-bond donors (Lipinski definition) is 1. The Hall–Kier alpha value is -1.52. The lowest BCUT2D eigenvalue weighted by Gasteiger charge is -2.33. The van der Waals surface area contributed by atoms with Gasteiger partial charge in [0.2, 0.25) is 0 Å². The van der Waals surface area contributed by atoms with Crippen LogP contribution in [0.4, 0.5) is 5.69 Å². The van der Waals surface area contributed by atoms with E-state index in [1.807, 2.05) is 23.5 Å². The minimum atomic E-state index is 0.559. The molecule has 3 nitrogen and oxygen atoms in total. The maximum Gasteiger partial charge on any atom is 0.120 e. The fraction of sp³-hybridized carbons (Fsp3) is 0.474. The van der Waals surface area contributed by atoms with Crippen molar-refractivity contribution in [3.05, 3.63) is 45.6 Å². The number of aryl methyl sites for hydroxylation is 2. The average molecular weight is 330 g/mol. The smallest absolute Gasteiger partial charge is 0.120 e. The lowest BCUT2D eigenvalue weighted by atomic mass is 10.0.